The van der Waals surface area contributed by atoms with E-state index in [4.69, 9.17) is 0 Å². The van der Waals surface area contributed by atoms with Crippen molar-refractivity contribution in [2.75, 3.05) is 18.0 Å². The fourth-order valence-corrected chi connectivity index (χ4v) is 5.26. The van der Waals surface area contributed by atoms with Crippen molar-refractivity contribution in [2.45, 2.75) is 45.1 Å². The molecule has 1 aromatic carbocycles. The van der Waals surface area contributed by atoms with Crippen LogP contribution in [0.2, 0.25) is 0 Å². The minimum atomic E-state index is -0.402. The lowest BCUT2D eigenvalue weighted by Gasteiger charge is -2.34. The summed E-state index contributed by atoms with van der Waals surface area (Å²) in [6.07, 6.45) is 4.25. The quantitative estimate of drug-likeness (QED) is 0.861. The van der Waals surface area contributed by atoms with Crippen molar-refractivity contribution in [1.29, 1.82) is 5.26 Å². The predicted octanol–water partition coefficient (Wildman–Crippen LogP) is 3.35. The van der Waals surface area contributed by atoms with E-state index in [1.165, 1.54) is 22.7 Å². The average Bonchev–Trinajstić information content (AvgIpc) is 3.07. The molecule has 4 rings (SSSR count). The first kappa shape index (κ1) is 18.9. The van der Waals surface area contributed by atoms with Gasteiger partial charge in [0.15, 0.2) is 0 Å². The highest BCUT2D eigenvalue weighted by Gasteiger charge is 2.29. The molecule has 1 unspecified atom stereocenters. The summed E-state index contributed by atoms with van der Waals surface area (Å²) < 4.78 is 13.4. The number of halogens is 1. The van der Waals surface area contributed by atoms with Gasteiger partial charge in [-0.05, 0) is 50.8 Å². The van der Waals surface area contributed by atoms with Gasteiger partial charge in [0.05, 0.1) is 22.0 Å². The SMILES string of the molecule is Cc1nc2c(s1)CC(NC(=O)C1CCN(c3ccc(F)cc3C#N)CC1)CC2. The van der Waals surface area contributed by atoms with E-state index in [1.54, 1.807) is 17.4 Å². The number of rotatable bonds is 3. The Hall–Kier alpha value is -2.46. The zero-order chi connectivity index (χ0) is 19.7. The maximum absolute atomic E-state index is 13.4. The summed E-state index contributed by atoms with van der Waals surface area (Å²) in [7, 11) is 0. The Morgan fingerprint density at radius 1 is 1.36 bits per heavy atom. The zero-order valence-electron chi connectivity index (χ0n) is 15.9. The van der Waals surface area contributed by atoms with Crippen molar-refractivity contribution < 1.29 is 9.18 Å². The van der Waals surface area contributed by atoms with Crippen LogP contribution in [-0.4, -0.2) is 30.0 Å². The van der Waals surface area contributed by atoms with Gasteiger partial charge in [0, 0.05) is 36.3 Å². The van der Waals surface area contributed by atoms with Crippen LogP contribution >= 0.6 is 11.3 Å². The molecule has 146 valence electrons. The number of hydrogen-bond donors (Lipinski definition) is 1. The number of amides is 1. The summed E-state index contributed by atoms with van der Waals surface area (Å²) >= 11 is 1.74. The van der Waals surface area contributed by atoms with E-state index in [-0.39, 0.29) is 17.9 Å². The maximum Gasteiger partial charge on any atom is 0.223 e. The van der Waals surface area contributed by atoms with Gasteiger partial charge in [0.2, 0.25) is 5.91 Å². The third kappa shape index (κ3) is 3.88. The van der Waals surface area contributed by atoms with E-state index in [1.807, 2.05) is 6.92 Å². The second-order valence-corrected chi connectivity index (χ2v) is 8.87. The van der Waals surface area contributed by atoms with Gasteiger partial charge in [-0.3, -0.25) is 4.79 Å². The van der Waals surface area contributed by atoms with Crippen molar-refractivity contribution in [1.82, 2.24) is 10.3 Å². The molecular weight excluding hydrogens is 375 g/mol. The molecular formula is C21H23FN4OS. The number of anilines is 1. The Kier molecular flexibility index (Phi) is 5.31. The molecule has 5 nitrogen and oxygen atoms in total. The van der Waals surface area contributed by atoms with Gasteiger partial charge in [-0.15, -0.1) is 11.3 Å². The minimum absolute atomic E-state index is 0.00757. The Labute approximate surface area is 168 Å². The number of carbonyl (C=O) groups excluding carboxylic acids is 1. The number of carbonyl (C=O) groups is 1. The molecule has 2 aromatic rings. The molecule has 1 saturated heterocycles. The van der Waals surface area contributed by atoms with Gasteiger partial charge >= 0.3 is 0 Å². The largest absolute Gasteiger partial charge is 0.370 e. The standard InChI is InChI=1S/C21H23FN4OS/c1-13-24-18-4-3-17(11-20(18)28-13)25-21(27)14-6-8-26(9-7-14)19-5-2-16(22)10-15(19)12-23/h2,5,10,14,17H,3-4,6-9,11H2,1H3,(H,25,27). The Morgan fingerprint density at radius 3 is 2.89 bits per heavy atom. The highest BCUT2D eigenvalue weighted by Crippen LogP contribution is 2.29. The molecule has 1 atom stereocenters. The van der Waals surface area contributed by atoms with E-state index >= 15 is 0 Å². The molecule has 1 N–H and O–H groups in total. The smallest absolute Gasteiger partial charge is 0.223 e. The Bertz CT molecular complexity index is 927. The number of aryl methyl sites for hydroxylation is 2. The number of hydrogen-bond acceptors (Lipinski definition) is 5. The zero-order valence-corrected chi connectivity index (χ0v) is 16.7. The van der Waals surface area contributed by atoms with Gasteiger partial charge in [-0.1, -0.05) is 0 Å². The van der Waals surface area contributed by atoms with E-state index in [9.17, 15) is 14.4 Å². The van der Waals surface area contributed by atoms with Crippen LogP contribution in [0, 0.1) is 30.0 Å². The molecule has 0 radical (unpaired) electrons. The summed E-state index contributed by atoms with van der Waals surface area (Å²) in [5, 5.41) is 13.6. The highest BCUT2D eigenvalue weighted by molar-refractivity contribution is 7.11. The molecule has 28 heavy (non-hydrogen) atoms. The fourth-order valence-electron chi connectivity index (χ4n) is 4.20. The van der Waals surface area contributed by atoms with E-state index in [0.717, 1.165) is 42.8 Å². The van der Waals surface area contributed by atoms with E-state index in [2.05, 4.69) is 21.3 Å². The normalized spacial score (nSPS) is 19.8. The van der Waals surface area contributed by atoms with Crippen LogP contribution in [0.5, 0.6) is 0 Å². The first-order valence-corrected chi connectivity index (χ1v) is 10.6. The van der Waals surface area contributed by atoms with Crippen LogP contribution in [0.15, 0.2) is 18.2 Å². The summed E-state index contributed by atoms with van der Waals surface area (Å²) in [6, 6.07) is 6.57. The molecule has 0 bridgehead atoms. The first-order chi connectivity index (χ1) is 13.5. The van der Waals surface area contributed by atoms with Crippen molar-refractivity contribution in [3.8, 4) is 6.07 Å². The summed E-state index contributed by atoms with van der Waals surface area (Å²) in [5.74, 6) is -0.276. The van der Waals surface area contributed by atoms with Gasteiger partial charge in [0.25, 0.3) is 0 Å². The fraction of sp³-hybridized carbons (Fsp3) is 0.476. The summed E-state index contributed by atoms with van der Waals surface area (Å²) in [4.78, 5) is 20.7. The predicted molar refractivity (Wildman–Crippen MR) is 107 cm³/mol. The topological polar surface area (TPSA) is 69.0 Å². The van der Waals surface area contributed by atoms with Crippen molar-refractivity contribution in [2.24, 2.45) is 5.92 Å². The molecule has 1 amide bonds. The van der Waals surface area contributed by atoms with Crippen LogP contribution < -0.4 is 10.2 Å². The summed E-state index contributed by atoms with van der Waals surface area (Å²) in [5.41, 5.74) is 2.30. The number of thiazole rings is 1. The maximum atomic E-state index is 13.4. The van der Waals surface area contributed by atoms with Crippen LogP contribution in [0.25, 0.3) is 0 Å². The summed E-state index contributed by atoms with van der Waals surface area (Å²) in [6.45, 7) is 3.42. The highest BCUT2D eigenvalue weighted by atomic mass is 32.1. The lowest BCUT2D eigenvalue weighted by molar-refractivity contribution is -0.126. The number of fused-ring (bicyclic) bond motifs is 1. The van der Waals surface area contributed by atoms with E-state index < -0.39 is 5.82 Å². The number of nitriles is 1. The first-order valence-electron chi connectivity index (χ1n) is 9.73. The van der Waals surface area contributed by atoms with Crippen LogP contribution in [0.4, 0.5) is 10.1 Å². The van der Waals surface area contributed by atoms with E-state index in [0.29, 0.717) is 18.7 Å². The number of aromatic nitrogens is 1. The number of nitrogens with zero attached hydrogens (tertiary/aromatic N) is 3. The molecule has 1 aliphatic carbocycles. The molecule has 2 aliphatic rings. The molecule has 1 aromatic heterocycles. The molecule has 0 saturated carbocycles. The van der Waals surface area contributed by atoms with Crippen molar-refractivity contribution in [3.63, 3.8) is 0 Å². The number of nitrogens with one attached hydrogen (secondary N) is 1. The van der Waals surface area contributed by atoms with Crippen LogP contribution in [-0.2, 0) is 17.6 Å². The molecule has 0 spiro atoms. The second kappa shape index (κ2) is 7.88. The third-order valence-corrected chi connectivity index (χ3v) is 6.71. The Morgan fingerprint density at radius 2 is 2.14 bits per heavy atom. The van der Waals surface area contributed by atoms with Crippen molar-refractivity contribution in [3.05, 3.63) is 45.2 Å². The second-order valence-electron chi connectivity index (χ2n) is 7.59. The molecule has 2 heterocycles. The molecule has 7 heteroatoms. The molecule has 1 fully saturated rings. The van der Waals surface area contributed by atoms with Crippen LogP contribution in [0.3, 0.4) is 0 Å². The van der Waals surface area contributed by atoms with Crippen LogP contribution in [0.1, 0.15) is 40.4 Å². The van der Waals surface area contributed by atoms with Gasteiger partial charge in [-0.2, -0.15) is 5.26 Å². The van der Waals surface area contributed by atoms with Crippen molar-refractivity contribution >= 4 is 22.9 Å². The average molecular weight is 399 g/mol. The van der Waals surface area contributed by atoms with Gasteiger partial charge in [0.1, 0.15) is 11.9 Å². The minimum Gasteiger partial charge on any atom is -0.370 e. The third-order valence-electron chi connectivity index (χ3n) is 5.68. The van der Waals surface area contributed by atoms with Gasteiger partial charge in [-0.25, -0.2) is 9.37 Å². The molecule has 1 aliphatic heterocycles. The Balaban J connectivity index is 1.33. The number of piperidine rings is 1. The lowest BCUT2D eigenvalue weighted by Crippen LogP contribution is -2.45. The van der Waals surface area contributed by atoms with Gasteiger partial charge < -0.3 is 10.2 Å². The lowest BCUT2D eigenvalue weighted by atomic mass is 9.93. The number of benzene rings is 1. The monoisotopic (exact) mass is 398 g/mol.